The lowest BCUT2D eigenvalue weighted by Crippen LogP contribution is -2.61. The zero-order valence-corrected chi connectivity index (χ0v) is 14.7. The van der Waals surface area contributed by atoms with Gasteiger partial charge in [0.2, 0.25) is 5.91 Å². The van der Waals surface area contributed by atoms with Crippen LogP contribution in [-0.4, -0.2) is 11.0 Å². The number of carbonyl (C=O) groups is 1. The van der Waals surface area contributed by atoms with E-state index in [-0.39, 0.29) is 17.7 Å². The van der Waals surface area contributed by atoms with E-state index in [1.807, 2.05) is 75.4 Å². The fourth-order valence-corrected chi connectivity index (χ4v) is 3.83. The molecule has 126 valence electrons. The Morgan fingerprint density at radius 2 is 1.64 bits per heavy atom. The molecule has 1 heterocycles. The average Bonchev–Trinajstić information content (AvgIpc) is 2.61. The van der Waals surface area contributed by atoms with Gasteiger partial charge < -0.3 is 10.0 Å². The molecule has 0 aliphatic carbocycles. The molecule has 1 N–H and O–H groups in total. The summed E-state index contributed by atoms with van der Waals surface area (Å²) in [6.45, 7) is 5.93. The number of hydrogen-bond acceptors (Lipinski definition) is 2. The van der Waals surface area contributed by atoms with Crippen LogP contribution in [0.15, 0.2) is 60.7 Å². The molecule has 1 saturated heterocycles. The van der Waals surface area contributed by atoms with Crippen LogP contribution in [-0.2, 0) is 4.79 Å². The first-order valence-corrected chi connectivity index (χ1v) is 8.52. The van der Waals surface area contributed by atoms with Crippen LogP contribution in [0.3, 0.4) is 0 Å². The second kappa shape index (κ2) is 5.35. The van der Waals surface area contributed by atoms with Crippen molar-refractivity contribution in [2.45, 2.75) is 26.8 Å². The molecular formula is C22H21NO2. The van der Waals surface area contributed by atoms with E-state index >= 15 is 0 Å². The molecule has 0 unspecified atom stereocenters. The summed E-state index contributed by atoms with van der Waals surface area (Å²) in [5.74, 6) is 0.315. The Labute approximate surface area is 147 Å². The maximum atomic E-state index is 12.8. The predicted molar refractivity (Wildman–Crippen MR) is 101 cm³/mol. The number of hydrogen-bond donors (Lipinski definition) is 1. The number of carbonyl (C=O) groups excluding carboxylic acids is 1. The van der Waals surface area contributed by atoms with Gasteiger partial charge in [-0.3, -0.25) is 4.79 Å². The highest BCUT2D eigenvalue weighted by atomic mass is 16.3. The minimum absolute atomic E-state index is 0.0775. The third-order valence-electron chi connectivity index (χ3n) is 5.25. The van der Waals surface area contributed by atoms with Crippen molar-refractivity contribution >= 4 is 22.4 Å². The number of phenolic OH excluding ortho intramolecular Hbond substituents is 1. The Bertz CT molecular complexity index is 973. The molecule has 0 aromatic heterocycles. The van der Waals surface area contributed by atoms with E-state index in [1.165, 1.54) is 0 Å². The minimum Gasteiger partial charge on any atom is -0.508 e. The van der Waals surface area contributed by atoms with Gasteiger partial charge in [0, 0.05) is 11.3 Å². The molecule has 4 rings (SSSR count). The van der Waals surface area contributed by atoms with Crippen molar-refractivity contribution in [1.29, 1.82) is 0 Å². The number of benzene rings is 3. The second-order valence-electron chi connectivity index (χ2n) is 7.35. The number of rotatable bonds is 2. The molecule has 3 nitrogen and oxygen atoms in total. The lowest BCUT2D eigenvalue weighted by molar-refractivity contribution is -0.137. The van der Waals surface area contributed by atoms with Gasteiger partial charge in [-0.2, -0.15) is 0 Å². The van der Waals surface area contributed by atoms with E-state index in [0.29, 0.717) is 0 Å². The van der Waals surface area contributed by atoms with Crippen LogP contribution >= 0.6 is 0 Å². The zero-order valence-electron chi connectivity index (χ0n) is 14.7. The van der Waals surface area contributed by atoms with E-state index in [4.69, 9.17) is 0 Å². The highest BCUT2D eigenvalue weighted by Crippen LogP contribution is 2.54. The second-order valence-corrected chi connectivity index (χ2v) is 7.35. The number of amides is 1. The number of aromatic hydroxyl groups is 1. The summed E-state index contributed by atoms with van der Waals surface area (Å²) in [5, 5.41) is 12.7. The number of fused-ring (bicyclic) bond motifs is 1. The van der Waals surface area contributed by atoms with Crippen LogP contribution in [0.25, 0.3) is 10.8 Å². The number of aryl methyl sites for hydroxylation is 1. The standard InChI is InChI=1S/C22H21NO2/c1-14-8-11-16(12-9-14)23-20(22(2,3)21(23)25)19-17-7-5-4-6-15(17)10-13-18(19)24/h4-13,20,24H,1-3H3/t20-/m0/s1. The zero-order chi connectivity index (χ0) is 17.8. The fraction of sp³-hybridized carbons (Fsp3) is 0.227. The first kappa shape index (κ1) is 15.7. The molecular weight excluding hydrogens is 310 g/mol. The Kier molecular flexibility index (Phi) is 3.36. The molecule has 1 aliphatic rings. The van der Waals surface area contributed by atoms with Gasteiger partial charge in [-0.05, 0) is 49.7 Å². The van der Waals surface area contributed by atoms with Gasteiger partial charge in [0.1, 0.15) is 5.75 Å². The third-order valence-corrected chi connectivity index (χ3v) is 5.25. The summed E-state index contributed by atoms with van der Waals surface area (Å²) >= 11 is 0. The van der Waals surface area contributed by atoms with E-state index in [1.54, 1.807) is 11.0 Å². The quantitative estimate of drug-likeness (QED) is 0.674. The van der Waals surface area contributed by atoms with Crippen LogP contribution in [0.4, 0.5) is 5.69 Å². The van der Waals surface area contributed by atoms with Crippen LogP contribution in [0.1, 0.15) is 31.0 Å². The van der Waals surface area contributed by atoms with Crippen molar-refractivity contribution in [3.8, 4) is 5.75 Å². The van der Waals surface area contributed by atoms with Crippen molar-refractivity contribution in [2.24, 2.45) is 5.41 Å². The van der Waals surface area contributed by atoms with E-state index < -0.39 is 5.41 Å². The number of nitrogens with zero attached hydrogens (tertiary/aromatic N) is 1. The maximum Gasteiger partial charge on any atom is 0.235 e. The molecule has 0 bridgehead atoms. The van der Waals surface area contributed by atoms with Crippen LogP contribution < -0.4 is 4.90 Å². The van der Waals surface area contributed by atoms with Gasteiger partial charge in [0.25, 0.3) is 0 Å². The molecule has 1 atom stereocenters. The van der Waals surface area contributed by atoms with Crippen molar-refractivity contribution in [1.82, 2.24) is 0 Å². The molecule has 0 saturated carbocycles. The monoisotopic (exact) mass is 331 g/mol. The van der Waals surface area contributed by atoms with Crippen molar-refractivity contribution in [3.05, 3.63) is 71.8 Å². The molecule has 1 amide bonds. The SMILES string of the molecule is Cc1ccc(N2C(=O)C(C)(C)[C@@H]2c2c(O)ccc3ccccc23)cc1. The van der Waals surface area contributed by atoms with Crippen molar-refractivity contribution < 1.29 is 9.90 Å². The molecule has 25 heavy (non-hydrogen) atoms. The molecule has 3 heteroatoms. The third kappa shape index (κ3) is 2.23. The van der Waals surface area contributed by atoms with E-state index in [2.05, 4.69) is 0 Å². The first-order valence-electron chi connectivity index (χ1n) is 8.52. The lowest BCUT2D eigenvalue weighted by Gasteiger charge is -2.53. The Morgan fingerprint density at radius 1 is 0.960 bits per heavy atom. The number of anilines is 1. The summed E-state index contributed by atoms with van der Waals surface area (Å²) in [6.07, 6.45) is 0. The van der Waals surface area contributed by atoms with E-state index in [0.717, 1.165) is 27.6 Å². The summed E-state index contributed by atoms with van der Waals surface area (Å²) in [4.78, 5) is 14.7. The Balaban J connectivity index is 1.92. The van der Waals surface area contributed by atoms with Gasteiger partial charge in [0.05, 0.1) is 11.5 Å². The van der Waals surface area contributed by atoms with Gasteiger partial charge >= 0.3 is 0 Å². The summed E-state index contributed by atoms with van der Waals surface area (Å²) in [5.41, 5.74) is 2.28. The van der Waals surface area contributed by atoms with Crippen LogP contribution in [0.5, 0.6) is 5.75 Å². The van der Waals surface area contributed by atoms with Gasteiger partial charge in [-0.25, -0.2) is 0 Å². The highest BCUT2D eigenvalue weighted by molar-refractivity contribution is 6.07. The largest absolute Gasteiger partial charge is 0.508 e. The van der Waals surface area contributed by atoms with Gasteiger partial charge in [-0.15, -0.1) is 0 Å². The molecule has 3 aromatic carbocycles. The molecule has 3 aromatic rings. The summed E-state index contributed by atoms with van der Waals surface area (Å²) in [6, 6.07) is 19.4. The first-order chi connectivity index (χ1) is 11.9. The van der Waals surface area contributed by atoms with Gasteiger partial charge in [-0.1, -0.05) is 48.0 Å². The molecule has 1 fully saturated rings. The lowest BCUT2D eigenvalue weighted by atomic mass is 9.69. The summed E-state index contributed by atoms with van der Waals surface area (Å²) in [7, 11) is 0. The highest BCUT2D eigenvalue weighted by Gasteiger charge is 2.56. The molecule has 0 radical (unpaired) electrons. The normalized spacial score (nSPS) is 19.1. The van der Waals surface area contributed by atoms with E-state index in [9.17, 15) is 9.90 Å². The molecule has 0 spiro atoms. The maximum absolute atomic E-state index is 12.8. The fourth-order valence-electron chi connectivity index (χ4n) is 3.83. The predicted octanol–water partition coefficient (Wildman–Crippen LogP) is 4.97. The number of phenols is 1. The van der Waals surface area contributed by atoms with Gasteiger partial charge in [0.15, 0.2) is 0 Å². The van der Waals surface area contributed by atoms with Crippen molar-refractivity contribution in [3.63, 3.8) is 0 Å². The van der Waals surface area contributed by atoms with Crippen LogP contribution in [0.2, 0.25) is 0 Å². The minimum atomic E-state index is -0.563. The topological polar surface area (TPSA) is 40.5 Å². The van der Waals surface area contributed by atoms with Crippen LogP contribution in [0, 0.1) is 12.3 Å². The average molecular weight is 331 g/mol. The van der Waals surface area contributed by atoms with Crippen molar-refractivity contribution in [2.75, 3.05) is 4.90 Å². The molecule has 1 aliphatic heterocycles. The Hall–Kier alpha value is -2.81. The smallest absolute Gasteiger partial charge is 0.235 e. The number of β-lactam (4-membered cyclic amide) rings is 1. The Morgan fingerprint density at radius 3 is 2.36 bits per heavy atom. The summed E-state index contributed by atoms with van der Waals surface area (Å²) < 4.78 is 0.